The van der Waals surface area contributed by atoms with Crippen molar-refractivity contribution in [3.63, 3.8) is 0 Å². The van der Waals surface area contributed by atoms with Crippen LogP contribution in [0.1, 0.15) is 0 Å². The summed E-state index contributed by atoms with van der Waals surface area (Å²) in [5.41, 5.74) is 9.49. The molecule has 0 unspecified atom stereocenters. The first-order valence-corrected chi connectivity index (χ1v) is 16.1. The third kappa shape index (κ3) is 3.94. The molecule has 0 radical (unpaired) electrons. The number of hydrogen-bond donors (Lipinski definition) is 0. The van der Waals surface area contributed by atoms with Crippen LogP contribution in [-0.2, 0) is 0 Å². The lowest BCUT2D eigenvalue weighted by Gasteiger charge is -2.11. The van der Waals surface area contributed by atoms with E-state index in [9.17, 15) is 0 Å². The molecule has 0 saturated carbocycles. The lowest BCUT2D eigenvalue weighted by molar-refractivity contribution is 1.08. The van der Waals surface area contributed by atoms with Gasteiger partial charge >= 0.3 is 0 Å². The molecule has 5 nitrogen and oxygen atoms in total. The molecule has 10 aromatic rings. The molecule has 0 atom stereocenters. The molecule has 224 valence electrons. The second-order valence-electron chi connectivity index (χ2n) is 12.1. The van der Waals surface area contributed by atoms with E-state index in [2.05, 4.69) is 130 Å². The molecule has 4 heterocycles. The van der Waals surface area contributed by atoms with Crippen LogP contribution < -0.4 is 0 Å². The normalized spacial score (nSPS) is 11.8. The first-order chi connectivity index (χ1) is 23.8. The minimum absolute atomic E-state index is 0.655. The number of para-hydroxylation sites is 4. The van der Waals surface area contributed by atoms with Crippen molar-refractivity contribution in [1.29, 1.82) is 0 Å². The molecule has 0 saturated heterocycles. The fraction of sp³-hybridized carbons (Fsp3) is 0. The lowest BCUT2D eigenvalue weighted by atomic mass is 10.1. The first-order valence-electron chi connectivity index (χ1n) is 16.1. The van der Waals surface area contributed by atoms with Gasteiger partial charge in [-0.2, -0.15) is 0 Å². The third-order valence-electron chi connectivity index (χ3n) is 9.37. The second kappa shape index (κ2) is 10.5. The number of hydrogen-bond acceptors (Lipinski definition) is 3. The fourth-order valence-corrected chi connectivity index (χ4v) is 7.27. The van der Waals surface area contributed by atoms with Crippen LogP contribution in [0.3, 0.4) is 0 Å². The van der Waals surface area contributed by atoms with Crippen molar-refractivity contribution in [2.45, 2.75) is 0 Å². The van der Waals surface area contributed by atoms with Gasteiger partial charge in [-0.25, -0.2) is 15.0 Å². The summed E-state index contributed by atoms with van der Waals surface area (Å²) < 4.78 is 4.68. The molecule has 0 aliphatic carbocycles. The van der Waals surface area contributed by atoms with Gasteiger partial charge in [-0.15, -0.1) is 0 Å². The summed E-state index contributed by atoms with van der Waals surface area (Å²) in [5.74, 6) is 1.50. The number of benzene rings is 6. The molecule has 6 aromatic carbocycles. The quantitative estimate of drug-likeness (QED) is 0.198. The Labute approximate surface area is 276 Å². The van der Waals surface area contributed by atoms with E-state index in [0.717, 1.165) is 55.8 Å². The van der Waals surface area contributed by atoms with Gasteiger partial charge in [-0.3, -0.25) is 4.57 Å². The molecule has 0 N–H and O–H groups in total. The highest BCUT2D eigenvalue weighted by Gasteiger charge is 2.21. The van der Waals surface area contributed by atoms with Gasteiger partial charge in [0.1, 0.15) is 5.82 Å². The van der Waals surface area contributed by atoms with Gasteiger partial charge in [-0.1, -0.05) is 109 Å². The highest BCUT2D eigenvalue weighted by Crippen LogP contribution is 2.41. The van der Waals surface area contributed by atoms with Crippen molar-refractivity contribution < 1.29 is 0 Å². The minimum atomic E-state index is 0.655. The molecule has 0 spiro atoms. The van der Waals surface area contributed by atoms with Crippen LogP contribution >= 0.6 is 0 Å². The van der Waals surface area contributed by atoms with Crippen molar-refractivity contribution in [2.24, 2.45) is 0 Å². The number of pyridine rings is 1. The van der Waals surface area contributed by atoms with Crippen LogP contribution in [0.15, 0.2) is 164 Å². The van der Waals surface area contributed by atoms with Crippen LogP contribution in [0.5, 0.6) is 0 Å². The van der Waals surface area contributed by atoms with E-state index < -0.39 is 0 Å². The van der Waals surface area contributed by atoms with Crippen LogP contribution in [0.25, 0.3) is 88.7 Å². The monoisotopic (exact) mass is 613 g/mol. The number of aromatic nitrogens is 5. The van der Waals surface area contributed by atoms with E-state index in [4.69, 9.17) is 15.0 Å². The molecule has 0 aliphatic heterocycles. The maximum atomic E-state index is 5.11. The van der Waals surface area contributed by atoms with Crippen molar-refractivity contribution >= 4 is 54.5 Å². The molecule has 10 rings (SSSR count). The standard InChI is InChI=1S/C43H27N5/c1-3-13-28(14-4-1)41-33-18-7-10-20-35(33)45-43(46-41)29-23-26-39(44-27-29)48-36-21-11-8-17-31(36)32-24-25-38-40(42(32)48)34-19-9-12-22-37(34)47(38)30-15-5-2-6-16-30/h1-27H. The van der Waals surface area contributed by atoms with E-state index >= 15 is 0 Å². The predicted molar refractivity (Wildman–Crippen MR) is 197 cm³/mol. The topological polar surface area (TPSA) is 48.5 Å². The van der Waals surface area contributed by atoms with Gasteiger partial charge in [0.25, 0.3) is 0 Å². The summed E-state index contributed by atoms with van der Waals surface area (Å²) in [6, 6.07) is 55.1. The van der Waals surface area contributed by atoms with Crippen molar-refractivity contribution in [1.82, 2.24) is 24.1 Å². The zero-order valence-electron chi connectivity index (χ0n) is 25.8. The highest BCUT2D eigenvalue weighted by atomic mass is 15.1. The average Bonchev–Trinajstić information content (AvgIpc) is 3.68. The van der Waals surface area contributed by atoms with Crippen molar-refractivity contribution in [2.75, 3.05) is 0 Å². The van der Waals surface area contributed by atoms with Gasteiger partial charge in [0.15, 0.2) is 5.82 Å². The summed E-state index contributed by atoms with van der Waals surface area (Å²) in [7, 11) is 0. The molecule has 48 heavy (non-hydrogen) atoms. The predicted octanol–water partition coefficient (Wildman–Crippen LogP) is 10.6. The molecule has 0 fully saturated rings. The fourth-order valence-electron chi connectivity index (χ4n) is 7.27. The largest absolute Gasteiger partial charge is 0.309 e. The maximum absolute atomic E-state index is 5.11. The van der Waals surface area contributed by atoms with Crippen LogP contribution in [0, 0.1) is 0 Å². The highest BCUT2D eigenvalue weighted by molar-refractivity contribution is 6.26. The van der Waals surface area contributed by atoms with Gasteiger partial charge in [0.2, 0.25) is 0 Å². The zero-order valence-corrected chi connectivity index (χ0v) is 25.8. The summed E-state index contributed by atoms with van der Waals surface area (Å²) in [6.07, 6.45) is 1.90. The minimum Gasteiger partial charge on any atom is -0.309 e. The van der Waals surface area contributed by atoms with Gasteiger partial charge in [0.05, 0.1) is 33.3 Å². The Hall–Kier alpha value is -6.59. The van der Waals surface area contributed by atoms with E-state index in [1.54, 1.807) is 0 Å². The van der Waals surface area contributed by atoms with E-state index in [1.165, 1.54) is 27.1 Å². The van der Waals surface area contributed by atoms with E-state index in [-0.39, 0.29) is 0 Å². The second-order valence-corrected chi connectivity index (χ2v) is 12.1. The molecule has 5 heteroatoms. The average molecular weight is 614 g/mol. The Kier molecular flexibility index (Phi) is 5.81. The summed E-state index contributed by atoms with van der Waals surface area (Å²) in [4.78, 5) is 15.2. The Morgan fingerprint density at radius 1 is 0.417 bits per heavy atom. The summed E-state index contributed by atoms with van der Waals surface area (Å²) >= 11 is 0. The van der Waals surface area contributed by atoms with Crippen molar-refractivity contribution in [3.8, 4) is 34.2 Å². The Balaban J connectivity index is 1.21. The number of rotatable bonds is 4. The zero-order chi connectivity index (χ0) is 31.6. The van der Waals surface area contributed by atoms with Crippen LogP contribution in [0.4, 0.5) is 0 Å². The van der Waals surface area contributed by atoms with E-state index in [0.29, 0.717) is 5.82 Å². The van der Waals surface area contributed by atoms with Gasteiger partial charge in [0, 0.05) is 49.9 Å². The Morgan fingerprint density at radius 3 is 1.85 bits per heavy atom. The molecule has 0 amide bonds. The smallest absolute Gasteiger partial charge is 0.161 e. The summed E-state index contributed by atoms with van der Waals surface area (Å²) in [6.45, 7) is 0. The number of fused-ring (bicyclic) bond motifs is 8. The Morgan fingerprint density at radius 2 is 1.08 bits per heavy atom. The molecule has 0 aliphatic rings. The van der Waals surface area contributed by atoms with Crippen LogP contribution in [0.2, 0.25) is 0 Å². The van der Waals surface area contributed by atoms with Gasteiger partial charge < -0.3 is 4.57 Å². The van der Waals surface area contributed by atoms with Crippen LogP contribution in [-0.4, -0.2) is 24.1 Å². The van der Waals surface area contributed by atoms with Crippen molar-refractivity contribution in [3.05, 3.63) is 164 Å². The molecular weight excluding hydrogens is 587 g/mol. The first kappa shape index (κ1) is 26.6. The summed E-state index contributed by atoms with van der Waals surface area (Å²) in [5, 5.41) is 5.84. The van der Waals surface area contributed by atoms with E-state index in [1.807, 2.05) is 42.6 Å². The molecule has 4 aromatic heterocycles. The SMILES string of the molecule is c1ccc(-c2nc(-c3ccc(-n4c5ccccc5c5ccc6c(c7ccccc7n6-c6ccccc6)c54)nc3)nc3ccccc23)cc1. The maximum Gasteiger partial charge on any atom is 0.161 e. The third-order valence-corrected chi connectivity index (χ3v) is 9.37. The molecule has 0 bridgehead atoms. The molecular formula is C43H27N5. The Bertz CT molecular complexity index is 2810. The number of nitrogens with zero attached hydrogens (tertiary/aromatic N) is 5. The lowest BCUT2D eigenvalue weighted by Crippen LogP contribution is -1.99. The van der Waals surface area contributed by atoms with Gasteiger partial charge in [-0.05, 0) is 48.5 Å².